The Hall–Kier alpha value is -1.14. The lowest BCUT2D eigenvalue weighted by Crippen LogP contribution is -2.39. The van der Waals surface area contributed by atoms with E-state index in [2.05, 4.69) is 16.7 Å². The van der Waals surface area contributed by atoms with Crippen LogP contribution in [0.15, 0.2) is 24.3 Å². The first-order chi connectivity index (χ1) is 10.4. The molecule has 0 saturated carbocycles. The lowest BCUT2D eigenvalue weighted by atomic mass is 9.96. The summed E-state index contributed by atoms with van der Waals surface area (Å²) in [6.07, 6.45) is 0. The van der Waals surface area contributed by atoms with Crippen LogP contribution < -0.4 is 10.6 Å². The van der Waals surface area contributed by atoms with E-state index in [1.807, 2.05) is 62.5 Å². The maximum Gasteiger partial charge on any atom is 0.243 e. The van der Waals surface area contributed by atoms with E-state index in [1.165, 1.54) is 17.1 Å². The number of hydrogen-bond donors (Lipinski definition) is 2. The van der Waals surface area contributed by atoms with Crippen molar-refractivity contribution in [3.8, 4) is 0 Å². The van der Waals surface area contributed by atoms with Crippen molar-refractivity contribution >= 4 is 41.0 Å². The van der Waals surface area contributed by atoms with Crippen LogP contribution in [0.4, 0.5) is 5.69 Å². The summed E-state index contributed by atoms with van der Waals surface area (Å²) in [4.78, 5) is 23.7. The number of anilines is 1. The first kappa shape index (κ1) is 17.2. The highest BCUT2D eigenvalue weighted by Crippen LogP contribution is 2.45. The summed E-state index contributed by atoms with van der Waals surface area (Å²) in [6, 6.07) is 7.93. The molecule has 0 atom stereocenters. The molecule has 1 heterocycles. The minimum absolute atomic E-state index is 0.00669. The molecule has 2 rings (SSSR count). The zero-order valence-corrected chi connectivity index (χ0v) is 14.8. The van der Waals surface area contributed by atoms with Gasteiger partial charge in [0, 0.05) is 22.6 Å². The van der Waals surface area contributed by atoms with E-state index in [0.29, 0.717) is 4.58 Å². The molecule has 0 radical (unpaired) electrons. The molecule has 0 unspecified atom stereocenters. The van der Waals surface area contributed by atoms with Crippen molar-refractivity contribution < 1.29 is 9.59 Å². The number of hydrogen-bond acceptors (Lipinski definition) is 4. The fourth-order valence-electron chi connectivity index (χ4n) is 1.94. The molecule has 6 heteroatoms. The van der Waals surface area contributed by atoms with Crippen LogP contribution in [0.3, 0.4) is 0 Å². The molecule has 0 aromatic heterocycles. The van der Waals surface area contributed by atoms with Gasteiger partial charge in [0.25, 0.3) is 0 Å². The van der Waals surface area contributed by atoms with E-state index < -0.39 is 5.41 Å². The van der Waals surface area contributed by atoms with E-state index in [-0.39, 0.29) is 18.4 Å². The summed E-state index contributed by atoms with van der Waals surface area (Å²) in [5.74, 6) is 2.01. The van der Waals surface area contributed by atoms with Crippen molar-refractivity contribution in [2.45, 2.75) is 25.4 Å². The number of amides is 2. The van der Waals surface area contributed by atoms with Gasteiger partial charge in [-0.05, 0) is 17.7 Å². The number of carbonyl (C=O) groups is 2. The highest BCUT2D eigenvalue weighted by molar-refractivity contribution is 8.19. The van der Waals surface area contributed by atoms with Crippen molar-refractivity contribution in [1.29, 1.82) is 0 Å². The van der Waals surface area contributed by atoms with Gasteiger partial charge in [-0.1, -0.05) is 32.9 Å². The van der Waals surface area contributed by atoms with Crippen LogP contribution >= 0.6 is 23.5 Å². The zero-order valence-electron chi connectivity index (χ0n) is 13.1. The third kappa shape index (κ3) is 4.95. The van der Waals surface area contributed by atoms with Gasteiger partial charge in [-0.3, -0.25) is 9.59 Å². The molecular formula is C16H22N2O2S2. The number of carbonyl (C=O) groups excluding carboxylic acids is 2. The van der Waals surface area contributed by atoms with Gasteiger partial charge in [0.05, 0.1) is 11.1 Å². The van der Waals surface area contributed by atoms with Crippen molar-refractivity contribution in [2.24, 2.45) is 5.41 Å². The van der Waals surface area contributed by atoms with E-state index in [0.717, 1.165) is 5.69 Å². The molecule has 1 aliphatic heterocycles. The van der Waals surface area contributed by atoms with Crippen molar-refractivity contribution in [3.63, 3.8) is 0 Å². The van der Waals surface area contributed by atoms with E-state index >= 15 is 0 Å². The molecular weight excluding hydrogens is 316 g/mol. The van der Waals surface area contributed by atoms with Crippen LogP contribution in [-0.2, 0) is 9.59 Å². The van der Waals surface area contributed by atoms with Crippen molar-refractivity contribution in [1.82, 2.24) is 5.32 Å². The molecule has 4 nitrogen and oxygen atoms in total. The molecule has 1 fully saturated rings. The van der Waals surface area contributed by atoms with Gasteiger partial charge in [-0.2, -0.15) is 0 Å². The SMILES string of the molecule is CC(C)(C)C(=O)NCC(=O)Nc1cccc(C2SCCS2)c1. The minimum Gasteiger partial charge on any atom is -0.347 e. The third-order valence-electron chi connectivity index (χ3n) is 3.16. The Kier molecular flexibility index (Phi) is 5.81. The molecule has 0 bridgehead atoms. The Morgan fingerprint density at radius 1 is 1.23 bits per heavy atom. The second kappa shape index (κ2) is 7.42. The Bertz CT molecular complexity index is 549. The summed E-state index contributed by atoms with van der Waals surface area (Å²) in [5.41, 5.74) is 1.52. The Morgan fingerprint density at radius 2 is 1.91 bits per heavy atom. The predicted molar refractivity (Wildman–Crippen MR) is 95.2 cm³/mol. The van der Waals surface area contributed by atoms with Crippen LogP contribution in [0.1, 0.15) is 30.9 Å². The molecule has 0 spiro atoms. The maximum atomic E-state index is 11.9. The molecule has 2 N–H and O–H groups in total. The molecule has 1 aromatic rings. The Labute approximate surface area is 140 Å². The van der Waals surface area contributed by atoms with Gasteiger partial charge in [0.2, 0.25) is 11.8 Å². The monoisotopic (exact) mass is 338 g/mol. The van der Waals surface area contributed by atoms with Gasteiger partial charge < -0.3 is 10.6 Å². The average molecular weight is 338 g/mol. The topological polar surface area (TPSA) is 58.2 Å². The summed E-state index contributed by atoms with van der Waals surface area (Å²) in [6.45, 7) is 5.45. The lowest BCUT2D eigenvalue weighted by molar-refractivity contribution is -0.130. The second-order valence-electron chi connectivity index (χ2n) is 6.18. The van der Waals surface area contributed by atoms with Crippen LogP contribution in [0, 0.1) is 5.41 Å². The minimum atomic E-state index is -0.489. The Balaban J connectivity index is 1.89. The second-order valence-corrected chi connectivity index (χ2v) is 8.90. The highest BCUT2D eigenvalue weighted by atomic mass is 32.2. The molecule has 0 aliphatic carbocycles. The lowest BCUT2D eigenvalue weighted by Gasteiger charge is -2.17. The summed E-state index contributed by atoms with van der Waals surface area (Å²) >= 11 is 3.87. The number of thioether (sulfide) groups is 2. The Morgan fingerprint density at radius 3 is 2.55 bits per heavy atom. The molecule has 120 valence electrons. The first-order valence-corrected chi connectivity index (χ1v) is 9.37. The maximum absolute atomic E-state index is 11.9. The fourth-order valence-corrected chi connectivity index (χ4v) is 4.78. The zero-order chi connectivity index (χ0) is 16.2. The standard InChI is InChI=1S/C16H22N2O2S2/c1-16(2,3)15(20)17-10-13(19)18-12-6-4-5-11(9-12)14-21-7-8-22-14/h4-6,9,14H,7-8,10H2,1-3H3,(H,17,20)(H,18,19). The van der Waals surface area contributed by atoms with Gasteiger partial charge in [-0.15, -0.1) is 23.5 Å². The van der Waals surface area contributed by atoms with E-state index in [4.69, 9.17) is 0 Å². The largest absolute Gasteiger partial charge is 0.347 e. The van der Waals surface area contributed by atoms with E-state index in [9.17, 15) is 9.59 Å². The number of rotatable bonds is 4. The molecule has 22 heavy (non-hydrogen) atoms. The average Bonchev–Trinajstić information content (AvgIpc) is 2.98. The summed E-state index contributed by atoms with van der Waals surface area (Å²) < 4.78 is 0.456. The van der Waals surface area contributed by atoms with Gasteiger partial charge in [-0.25, -0.2) is 0 Å². The highest BCUT2D eigenvalue weighted by Gasteiger charge is 2.21. The summed E-state index contributed by atoms with van der Waals surface area (Å²) in [7, 11) is 0. The van der Waals surface area contributed by atoms with Gasteiger partial charge in [0.1, 0.15) is 0 Å². The third-order valence-corrected chi connectivity index (χ3v) is 6.26. The number of nitrogens with one attached hydrogen (secondary N) is 2. The molecule has 1 aliphatic rings. The van der Waals surface area contributed by atoms with Crippen LogP contribution in [-0.4, -0.2) is 29.9 Å². The van der Waals surface area contributed by atoms with E-state index in [1.54, 1.807) is 0 Å². The van der Waals surface area contributed by atoms with Gasteiger partial charge >= 0.3 is 0 Å². The smallest absolute Gasteiger partial charge is 0.243 e. The molecule has 2 amide bonds. The van der Waals surface area contributed by atoms with Crippen molar-refractivity contribution in [3.05, 3.63) is 29.8 Å². The quantitative estimate of drug-likeness (QED) is 0.885. The van der Waals surface area contributed by atoms with Crippen LogP contribution in [0.25, 0.3) is 0 Å². The van der Waals surface area contributed by atoms with Crippen LogP contribution in [0.5, 0.6) is 0 Å². The van der Waals surface area contributed by atoms with Crippen LogP contribution in [0.2, 0.25) is 0 Å². The number of benzene rings is 1. The normalized spacial score (nSPS) is 15.6. The first-order valence-electron chi connectivity index (χ1n) is 7.27. The van der Waals surface area contributed by atoms with Gasteiger partial charge in [0.15, 0.2) is 0 Å². The molecule has 1 saturated heterocycles. The summed E-state index contributed by atoms with van der Waals surface area (Å²) in [5, 5.41) is 5.49. The fraction of sp³-hybridized carbons (Fsp3) is 0.500. The molecule has 1 aromatic carbocycles. The predicted octanol–water partition coefficient (Wildman–Crippen LogP) is 3.27. The van der Waals surface area contributed by atoms with Crippen molar-refractivity contribution in [2.75, 3.05) is 23.4 Å².